The van der Waals surface area contributed by atoms with Crippen LogP contribution in [0.15, 0.2) is 24.4 Å². The predicted molar refractivity (Wildman–Crippen MR) is 141 cm³/mol. The predicted octanol–water partition coefficient (Wildman–Crippen LogP) is 4.52. The summed E-state index contributed by atoms with van der Waals surface area (Å²) in [5.74, 6) is -0.319. The number of halogens is 3. The van der Waals surface area contributed by atoms with Crippen molar-refractivity contribution in [2.24, 2.45) is 5.41 Å². The van der Waals surface area contributed by atoms with Crippen LogP contribution in [0.2, 0.25) is 0 Å². The van der Waals surface area contributed by atoms with Gasteiger partial charge in [-0.3, -0.25) is 4.79 Å². The molecule has 1 saturated heterocycles. The molecule has 1 aliphatic heterocycles. The number of hydrogen-bond donors (Lipinski definition) is 3. The molecule has 2 aromatic rings. The number of anilines is 4. The molecule has 1 aromatic heterocycles. The maximum Gasteiger partial charge on any atom is 0.421 e. The number of alkyl halides is 3. The van der Waals surface area contributed by atoms with E-state index in [-0.39, 0.29) is 24.2 Å². The molecule has 0 radical (unpaired) electrons. The fraction of sp³-hybridized carbons (Fsp3) is 0.577. The van der Waals surface area contributed by atoms with Crippen LogP contribution in [0.3, 0.4) is 0 Å². The lowest BCUT2D eigenvalue weighted by atomic mass is 9.96. The summed E-state index contributed by atoms with van der Waals surface area (Å²) in [6.45, 7) is 11.9. The third-order valence-corrected chi connectivity index (χ3v) is 6.29. The molecule has 8 nitrogen and oxygen atoms in total. The van der Waals surface area contributed by atoms with Gasteiger partial charge in [0.25, 0.3) is 0 Å². The first-order valence-corrected chi connectivity index (χ1v) is 12.7. The topological polar surface area (TPSA) is 85.4 Å². The first kappa shape index (κ1) is 28.5. The summed E-state index contributed by atoms with van der Waals surface area (Å²) in [4.78, 5) is 24.7. The van der Waals surface area contributed by atoms with Gasteiger partial charge in [-0.25, -0.2) is 4.98 Å². The molecule has 3 rings (SSSR count). The zero-order valence-corrected chi connectivity index (χ0v) is 22.3. The molecule has 1 aliphatic rings. The van der Waals surface area contributed by atoms with Crippen molar-refractivity contribution < 1.29 is 18.0 Å². The third kappa shape index (κ3) is 7.95. The van der Waals surface area contributed by atoms with Crippen LogP contribution < -0.4 is 20.9 Å². The van der Waals surface area contributed by atoms with Crippen molar-refractivity contribution >= 4 is 29.0 Å². The van der Waals surface area contributed by atoms with Crippen molar-refractivity contribution in [3.63, 3.8) is 0 Å². The standard InChI is InChI=1S/C26H38F3N7O/c1-6-18-16-19(36-14-12-35(5)13-15-36)8-9-21(18)33-24-32-17-20(26(27,28)29)22(34-24)30-10-7-11-31-23(37)25(2,3)4/h8-9,16-17H,6-7,10-15H2,1-5H3,(H,31,37)(H2,30,32,33,34). The highest BCUT2D eigenvalue weighted by Gasteiger charge is 2.35. The number of aromatic nitrogens is 2. The van der Waals surface area contributed by atoms with Gasteiger partial charge in [0.2, 0.25) is 11.9 Å². The lowest BCUT2D eigenvalue weighted by Gasteiger charge is -2.34. The molecule has 204 valence electrons. The minimum atomic E-state index is -4.60. The van der Waals surface area contributed by atoms with Gasteiger partial charge in [0.15, 0.2) is 0 Å². The SMILES string of the molecule is CCc1cc(N2CCN(C)CC2)ccc1Nc1ncc(C(F)(F)F)c(NCCCNC(=O)C(C)(C)C)n1. The van der Waals surface area contributed by atoms with Crippen molar-refractivity contribution in [2.45, 2.75) is 46.7 Å². The highest BCUT2D eigenvalue weighted by molar-refractivity contribution is 5.81. The van der Waals surface area contributed by atoms with Crippen LogP contribution >= 0.6 is 0 Å². The molecule has 0 saturated carbocycles. The molecule has 0 unspecified atom stereocenters. The Balaban J connectivity index is 1.70. The van der Waals surface area contributed by atoms with Gasteiger partial charge in [-0.15, -0.1) is 0 Å². The molecular weight excluding hydrogens is 483 g/mol. The molecule has 2 heterocycles. The molecule has 0 spiro atoms. The first-order chi connectivity index (χ1) is 17.4. The second kappa shape index (κ2) is 12.0. The van der Waals surface area contributed by atoms with Gasteiger partial charge in [0, 0.05) is 62.3 Å². The fourth-order valence-corrected chi connectivity index (χ4v) is 3.92. The van der Waals surface area contributed by atoms with E-state index in [9.17, 15) is 18.0 Å². The number of nitrogens with one attached hydrogen (secondary N) is 3. The smallest absolute Gasteiger partial charge is 0.369 e. The fourth-order valence-electron chi connectivity index (χ4n) is 3.92. The van der Waals surface area contributed by atoms with E-state index in [2.05, 4.69) is 48.8 Å². The van der Waals surface area contributed by atoms with Crippen LogP contribution in [-0.2, 0) is 17.4 Å². The Bertz CT molecular complexity index is 1060. The van der Waals surface area contributed by atoms with Crippen molar-refractivity contribution in [3.8, 4) is 0 Å². The molecule has 3 N–H and O–H groups in total. The maximum absolute atomic E-state index is 13.6. The number of likely N-dealkylation sites (N-methyl/N-ethyl adjacent to an activating group) is 1. The highest BCUT2D eigenvalue weighted by atomic mass is 19.4. The summed E-state index contributed by atoms with van der Waals surface area (Å²) in [7, 11) is 2.11. The second-order valence-electron chi connectivity index (χ2n) is 10.4. The molecule has 1 fully saturated rings. The van der Waals surface area contributed by atoms with Crippen molar-refractivity contribution in [2.75, 3.05) is 61.8 Å². The number of nitrogens with zero attached hydrogens (tertiary/aromatic N) is 4. The van der Waals surface area contributed by atoms with E-state index in [0.29, 0.717) is 13.0 Å². The highest BCUT2D eigenvalue weighted by Crippen LogP contribution is 2.34. The number of rotatable bonds is 9. The Kier molecular flexibility index (Phi) is 9.22. The Morgan fingerprint density at radius 2 is 1.78 bits per heavy atom. The minimum Gasteiger partial charge on any atom is -0.369 e. The Hall–Kier alpha value is -3.08. The number of piperazine rings is 1. The van der Waals surface area contributed by atoms with Gasteiger partial charge in [0.05, 0.1) is 0 Å². The van der Waals surface area contributed by atoms with E-state index >= 15 is 0 Å². The van der Waals surface area contributed by atoms with E-state index in [1.165, 1.54) is 0 Å². The molecule has 1 amide bonds. The van der Waals surface area contributed by atoms with Gasteiger partial charge < -0.3 is 25.8 Å². The molecule has 37 heavy (non-hydrogen) atoms. The summed E-state index contributed by atoms with van der Waals surface area (Å²) >= 11 is 0. The number of carbonyl (C=O) groups is 1. The van der Waals surface area contributed by atoms with E-state index in [1.807, 2.05) is 19.1 Å². The average molecular weight is 522 g/mol. The third-order valence-electron chi connectivity index (χ3n) is 6.29. The number of aryl methyl sites for hydroxylation is 1. The summed E-state index contributed by atoms with van der Waals surface area (Å²) in [6.07, 6.45) is -2.61. The van der Waals surface area contributed by atoms with Crippen LogP contribution in [0.1, 0.15) is 45.2 Å². The van der Waals surface area contributed by atoms with Crippen molar-refractivity contribution in [3.05, 3.63) is 35.5 Å². The molecule has 0 aliphatic carbocycles. The van der Waals surface area contributed by atoms with Crippen LogP contribution in [0, 0.1) is 5.41 Å². The maximum atomic E-state index is 13.6. The number of benzene rings is 1. The summed E-state index contributed by atoms with van der Waals surface area (Å²) in [5, 5.41) is 8.66. The van der Waals surface area contributed by atoms with Crippen LogP contribution in [-0.4, -0.2) is 67.1 Å². The van der Waals surface area contributed by atoms with E-state index < -0.39 is 17.2 Å². The van der Waals surface area contributed by atoms with E-state index in [4.69, 9.17) is 0 Å². The quantitative estimate of drug-likeness (QED) is 0.419. The molecule has 0 atom stereocenters. The lowest BCUT2D eigenvalue weighted by Crippen LogP contribution is -2.44. The van der Waals surface area contributed by atoms with Gasteiger partial charge in [-0.1, -0.05) is 27.7 Å². The van der Waals surface area contributed by atoms with Gasteiger partial charge in [-0.2, -0.15) is 18.2 Å². The Morgan fingerprint density at radius 1 is 1.08 bits per heavy atom. The zero-order valence-electron chi connectivity index (χ0n) is 22.3. The van der Waals surface area contributed by atoms with Crippen molar-refractivity contribution in [1.29, 1.82) is 0 Å². The summed E-state index contributed by atoms with van der Waals surface area (Å²) in [5.41, 5.74) is 1.46. The molecule has 0 bridgehead atoms. The second-order valence-corrected chi connectivity index (χ2v) is 10.4. The van der Waals surface area contributed by atoms with E-state index in [1.54, 1.807) is 20.8 Å². The van der Waals surface area contributed by atoms with Gasteiger partial charge in [0.1, 0.15) is 11.4 Å². The summed E-state index contributed by atoms with van der Waals surface area (Å²) in [6, 6.07) is 6.06. The lowest BCUT2D eigenvalue weighted by molar-refractivity contribution is -0.137. The van der Waals surface area contributed by atoms with Crippen LogP contribution in [0.4, 0.5) is 36.3 Å². The van der Waals surface area contributed by atoms with Gasteiger partial charge >= 0.3 is 6.18 Å². The normalized spacial score (nSPS) is 15.0. The zero-order chi connectivity index (χ0) is 27.2. The Labute approximate surface area is 217 Å². The molecule has 1 aromatic carbocycles. The largest absolute Gasteiger partial charge is 0.421 e. The van der Waals surface area contributed by atoms with Crippen LogP contribution in [0.5, 0.6) is 0 Å². The van der Waals surface area contributed by atoms with Crippen LogP contribution in [0.25, 0.3) is 0 Å². The molecule has 11 heteroatoms. The first-order valence-electron chi connectivity index (χ1n) is 12.7. The Morgan fingerprint density at radius 3 is 2.41 bits per heavy atom. The number of carbonyl (C=O) groups excluding carboxylic acids is 1. The molecular formula is C26H38F3N7O. The monoisotopic (exact) mass is 521 g/mol. The number of hydrogen-bond acceptors (Lipinski definition) is 7. The number of amides is 1. The van der Waals surface area contributed by atoms with E-state index in [0.717, 1.165) is 55.7 Å². The summed E-state index contributed by atoms with van der Waals surface area (Å²) < 4.78 is 40.7. The van der Waals surface area contributed by atoms with Gasteiger partial charge in [-0.05, 0) is 43.7 Å². The minimum absolute atomic E-state index is 0.0820. The van der Waals surface area contributed by atoms with Crippen molar-refractivity contribution in [1.82, 2.24) is 20.2 Å². The average Bonchev–Trinajstić information content (AvgIpc) is 2.83.